The van der Waals surface area contributed by atoms with E-state index in [0.717, 1.165) is 12.2 Å². The van der Waals surface area contributed by atoms with E-state index in [9.17, 15) is 0 Å². The first-order valence-electron chi connectivity index (χ1n) is 10.2. The second kappa shape index (κ2) is 6.82. The van der Waals surface area contributed by atoms with Crippen molar-refractivity contribution in [2.24, 2.45) is 5.92 Å². The van der Waals surface area contributed by atoms with Crippen LogP contribution in [-0.4, -0.2) is 5.60 Å². The van der Waals surface area contributed by atoms with E-state index in [1.807, 2.05) is 0 Å². The lowest BCUT2D eigenvalue weighted by molar-refractivity contribution is 0.00837. The Bertz CT molecular complexity index is 650. The minimum absolute atomic E-state index is 0.0835. The van der Waals surface area contributed by atoms with Crippen molar-refractivity contribution in [3.8, 4) is 5.75 Å². The van der Waals surface area contributed by atoms with Crippen LogP contribution >= 0.6 is 0 Å². The molecule has 1 aromatic carbocycles. The van der Waals surface area contributed by atoms with Gasteiger partial charge in [-0.3, -0.25) is 0 Å². The van der Waals surface area contributed by atoms with Gasteiger partial charge in [0, 0.05) is 5.92 Å². The summed E-state index contributed by atoms with van der Waals surface area (Å²) in [6, 6.07) is 7.10. The van der Waals surface area contributed by atoms with Crippen molar-refractivity contribution in [1.29, 1.82) is 0 Å². The second-order valence-corrected chi connectivity index (χ2v) is 9.50. The Kier molecular flexibility index (Phi) is 5.06. The normalized spacial score (nSPS) is 24.8. The van der Waals surface area contributed by atoms with Gasteiger partial charge >= 0.3 is 0 Å². The zero-order valence-electron chi connectivity index (χ0n) is 17.1. The SMILES string of the molecule is CCCCCC(C)(C)c1ccc2c(c1)OC(C)(C)[C@@H]1CC=C(C)C[C@@H]21. The quantitative estimate of drug-likeness (QED) is 0.408. The first-order valence-corrected chi connectivity index (χ1v) is 10.2. The molecule has 138 valence electrons. The first kappa shape index (κ1) is 18.5. The molecular weight excluding hydrogens is 304 g/mol. The Balaban J connectivity index is 1.91. The Morgan fingerprint density at radius 1 is 1.20 bits per heavy atom. The largest absolute Gasteiger partial charge is 0.487 e. The first-order chi connectivity index (χ1) is 11.7. The predicted octanol–water partition coefficient (Wildman–Crippen LogP) is 7.16. The zero-order valence-corrected chi connectivity index (χ0v) is 17.1. The average molecular weight is 341 g/mol. The van der Waals surface area contributed by atoms with E-state index in [-0.39, 0.29) is 11.0 Å². The van der Waals surface area contributed by atoms with Gasteiger partial charge in [0.15, 0.2) is 0 Å². The minimum Gasteiger partial charge on any atom is -0.487 e. The van der Waals surface area contributed by atoms with Crippen LogP contribution in [0.4, 0.5) is 0 Å². The molecule has 2 atom stereocenters. The molecule has 0 spiro atoms. The van der Waals surface area contributed by atoms with Gasteiger partial charge < -0.3 is 4.74 Å². The number of fused-ring (bicyclic) bond motifs is 3. The van der Waals surface area contributed by atoms with Crippen molar-refractivity contribution in [3.63, 3.8) is 0 Å². The van der Waals surface area contributed by atoms with Crippen molar-refractivity contribution >= 4 is 0 Å². The van der Waals surface area contributed by atoms with E-state index < -0.39 is 0 Å². The summed E-state index contributed by atoms with van der Waals surface area (Å²) >= 11 is 0. The van der Waals surface area contributed by atoms with Crippen molar-refractivity contribution in [2.75, 3.05) is 0 Å². The van der Waals surface area contributed by atoms with Crippen LogP contribution in [0, 0.1) is 5.92 Å². The Hall–Kier alpha value is -1.24. The van der Waals surface area contributed by atoms with Gasteiger partial charge in [-0.15, -0.1) is 0 Å². The molecule has 0 radical (unpaired) electrons. The summed E-state index contributed by atoms with van der Waals surface area (Å²) in [5.74, 6) is 2.34. The smallest absolute Gasteiger partial charge is 0.123 e. The monoisotopic (exact) mass is 340 g/mol. The number of hydrogen-bond donors (Lipinski definition) is 0. The molecule has 1 heteroatoms. The predicted molar refractivity (Wildman–Crippen MR) is 108 cm³/mol. The molecule has 0 amide bonds. The van der Waals surface area contributed by atoms with Crippen LogP contribution in [-0.2, 0) is 5.41 Å². The number of allylic oxidation sites excluding steroid dienone is 2. The number of ether oxygens (including phenoxy) is 1. The molecule has 1 heterocycles. The summed E-state index contributed by atoms with van der Waals surface area (Å²) in [7, 11) is 0. The van der Waals surface area contributed by atoms with Crippen molar-refractivity contribution in [1.82, 2.24) is 0 Å². The molecule has 1 aliphatic heterocycles. The number of rotatable bonds is 5. The van der Waals surface area contributed by atoms with Gasteiger partial charge in [-0.1, -0.05) is 63.8 Å². The highest BCUT2D eigenvalue weighted by atomic mass is 16.5. The molecule has 1 nitrogen and oxygen atoms in total. The highest BCUT2D eigenvalue weighted by Gasteiger charge is 2.44. The van der Waals surface area contributed by atoms with Crippen LogP contribution in [0.15, 0.2) is 29.8 Å². The highest BCUT2D eigenvalue weighted by molar-refractivity contribution is 5.46. The second-order valence-electron chi connectivity index (χ2n) is 9.50. The Morgan fingerprint density at radius 2 is 1.96 bits per heavy atom. The lowest BCUT2D eigenvalue weighted by Gasteiger charge is -2.47. The van der Waals surface area contributed by atoms with E-state index in [2.05, 4.69) is 65.8 Å². The fraction of sp³-hybridized carbons (Fsp3) is 0.667. The summed E-state index contributed by atoms with van der Waals surface area (Å²) < 4.78 is 6.56. The lowest BCUT2D eigenvalue weighted by atomic mass is 9.67. The van der Waals surface area contributed by atoms with E-state index in [4.69, 9.17) is 4.74 Å². The summed E-state index contributed by atoms with van der Waals surface area (Å²) in [4.78, 5) is 0. The molecule has 0 saturated heterocycles. The molecule has 0 unspecified atom stereocenters. The lowest BCUT2D eigenvalue weighted by Crippen LogP contribution is -2.45. The Labute approximate surface area is 154 Å². The van der Waals surface area contributed by atoms with Gasteiger partial charge in [0.2, 0.25) is 0 Å². The van der Waals surface area contributed by atoms with Crippen LogP contribution < -0.4 is 4.74 Å². The van der Waals surface area contributed by atoms with Crippen LogP contribution in [0.25, 0.3) is 0 Å². The van der Waals surface area contributed by atoms with E-state index >= 15 is 0 Å². The third-order valence-electron chi connectivity index (χ3n) is 6.61. The molecule has 3 rings (SSSR count). The van der Waals surface area contributed by atoms with Gasteiger partial charge in [-0.2, -0.15) is 0 Å². The van der Waals surface area contributed by atoms with Crippen LogP contribution in [0.1, 0.15) is 97.1 Å². The molecule has 0 fully saturated rings. The molecular formula is C24H36O. The topological polar surface area (TPSA) is 9.23 Å². The zero-order chi connectivity index (χ0) is 18.2. The highest BCUT2D eigenvalue weighted by Crippen LogP contribution is 2.52. The van der Waals surface area contributed by atoms with Gasteiger partial charge in [-0.05, 0) is 68.6 Å². The van der Waals surface area contributed by atoms with Crippen molar-refractivity contribution in [2.45, 2.75) is 97.0 Å². The maximum absolute atomic E-state index is 6.56. The van der Waals surface area contributed by atoms with Crippen LogP contribution in [0.3, 0.4) is 0 Å². The maximum atomic E-state index is 6.56. The number of unbranched alkanes of at least 4 members (excludes halogenated alkanes) is 2. The van der Waals surface area contributed by atoms with E-state index in [0.29, 0.717) is 11.8 Å². The summed E-state index contributed by atoms with van der Waals surface area (Å²) in [5, 5.41) is 0. The van der Waals surface area contributed by atoms with Crippen LogP contribution in [0.2, 0.25) is 0 Å². The van der Waals surface area contributed by atoms with Gasteiger partial charge in [0.05, 0.1) is 0 Å². The molecule has 0 bridgehead atoms. The molecule has 25 heavy (non-hydrogen) atoms. The molecule has 2 aliphatic rings. The van der Waals surface area contributed by atoms with Crippen molar-refractivity contribution in [3.05, 3.63) is 41.0 Å². The maximum Gasteiger partial charge on any atom is 0.123 e. The third kappa shape index (κ3) is 3.66. The summed E-state index contributed by atoms with van der Waals surface area (Å²) in [6.07, 6.45) is 9.92. The summed E-state index contributed by atoms with van der Waals surface area (Å²) in [5.41, 5.74) is 4.54. The van der Waals surface area contributed by atoms with E-state index in [1.54, 1.807) is 0 Å². The molecule has 1 aliphatic carbocycles. The van der Waals surface area contributed by atoms with Crippen LogP contribution in [0.5, 0.6) is 5.75 Å². The van der Waals surface area contributed by atoms with Gasteiger partial charge in [-0.25, -0.2) is 0 Å². The molecule has 0 aromatic heterocycles. The number of hydrogen-bond acceptors (Lipinski definition) is 1. The molecule has 1 aromatic rings. The van der Waals surface area contributed by atoms with Gasteiger partial charge in [0.1, 0.15) is 11.4 Å². The van der Waals surface area contributed by atoms with E-state index in [1.165, 1.54) is 48.8 Å². The van der Waals surface area contributed by atoms with Gasteiger partial charge in [0.25, 0.3) is 0 Å². The molecule has 0 N–H and O–H groups in total. The Morgan fingerprint density at radius 3 is 2.68 bits per heavy atom. The summed E-state index contributed by atoms with van der Waals surface area (Å²) in [6.45, 7) is 13.9. The fourth-order valence-corrected chi connectivity index (χ4v) is 4.83. The average Bonchev–Trinajstić information content (AvgIpc) is 2.53. The molecule has 0 saturated carbocycles. The minimum atomic E-state index is -0.0835. The van der Waals surface area contributed by atoms with Crippen molar-refractivity contribution < 1.29 is 4.74 Å². The third-order valence-corrected chi connectivity index (χ3v) is 6.61. The standard InChI is InChI=1S/C24H36O/c1-7-8-9-14-23(3,4)18-11-12-19-20-15-17(2)10-13-21(20)24(5,6)25-22(19)16-18/h10-12,16,20-21H,7-9,13-15H2,1-6H3/t20-,21+/m0/s1. The fourth-order valence-electron chi connectivity index (χ4n) is 4.83. The number of benzene rings is 1.